The molecule has 94 valence electrons. The molecule has 18 heavy (non-hydrogen) atoms. The van der Waals surface area contributed by atoms with Crippen molar-refractivity contribution in [1.29, 1.82) is 0 Å². The summed E-state index contributed by atoms with van der Waals surface area (Å²) in [5.74, 6) is -0.224. The number of carbonyl (C=O) groups is 1. The molecule has 0 aliphatic rings. The van der Waals surface area contributed by atoms with E-state index in [9.17, 15) is 4.79 Å². The van der Waals surface area contributed by atoms with Crippen LogP contribution in [-0.2, 0) is 9.53 Å². The Morgan fingerprint density at radius 2 is 2.22 bits per heavy atom. The summed E-state index contributed by atoms with van der Waals surface area (Å²) in [5, 5.41) is 4.18. The molecule has 0 amide bonds. The first-order valence-corrected chi connectivity index (χ1v) is 7.44. The van der Waals surface area contributed by atoms with Crippen molar-refractivity contribution in [2.24, 2.45) is 0 Å². The average molecular weight is 278 g/mol. The molecule has 0 aliphatic carbocycles. The topological polar surface area (TPSA) is 26.3 Å². The Morgan fingerprint density at radius 1 is 1.33 bits per heavy atom. The SMILES string of the molecule is CC(=O)OCCC=Cc1ccsc1-c1cccs1. The molecule has 2 heterocycles. The molecule has 0 spiro atoms. The molecular weight excluding hydrogens is 264 g/mol. The molecule has 0 atom stereocenters. The van der Waals surface area contributed by atoms with E-state index in [1.54, 1.807) is 22.7 Å². The molecule has 0 unspecified atom stereocenters. The lowest BCUT2D eigenvalue weighted by atomic mass is 10.2. The van der Waals surface area contributed by atoms with Gasteiger partial charge in [0.05, 0.1) is 11.5 Å². The van der Waals surface area contributed by atoms with E-state index in [4.69, 9.17) is 4.74 Å². The van der Waals surface area contributed by atoms with Crippen LogP contribution in [0.5, 0.6) is 0 Å². The van der Waals surface area contributed by atoms with Crippen molar-refractivity contribution in [3.05, 3.63) is 40.6 Å². The summed E-state index contributed by atoms with van der Waals surface area (Å²) in [6.45, 7) is 1.88. The van der Waals surface area contributed by atoms with Crippen molar-refractivity contribution in [3.8, 4) is 9.75 Å². The van der Waals surface area contributed by atoms with Crippen molar-refractivity contribution in [3.63, 3.8) is 0 Å². The number of carbonyl (C=O) groups excluding carboxylic acids is 1. The zero-order valence-corrected chi connectivity index (χ0v) is 11.7. The van der Waals surface area contributed by atoms with Crippen LogP contribution in [0.25, 0.3) is 15.8 Å². The summed E-state index contributed by atoms with van der Waals surface area (Å²) < 4.78 is 4.88. The van der Waals surface area contributed by atoms with Gasteiger partial charge in [-0.2, -0.15) is 0 Å². The molecule has 0 fully saturated rings. The molecule has 2 aromatic heterocycles. The molecule has 0 radical (unpaired) electrons. The summed E-state index contributed by atoms with van der Waals surface area (Å²) in [5.41, 5.74) is 1.23. The zero-order valence-electron chi connectivity index (χ0n) is 10.1. The molecule has 2 rings (SSSR count). The van der Waals surface area contributed by atoms with E-state index >= 15 is 0 Å². The van der Waals surface area contributed by atoms with E-state index in [1.807, 2.05) is 6.08 Å². The average Bonchev–Trinajstić information content (AvgIpc) is 2.97. The van der Waals surface area contributed by atoms with Crippen molar-refractivity contribution < 1.29 is 9.53 Å². The molecule has 0 saturated carbocycles. The van der Waals surface area contributed by atoms with Crippen molar-refractivity contribution in [2.45, 2.75) is 13.3 Å². The normalized spacial score (nSPS) is 10.9. The number of hydrogen-bond donors (Lipinski definition) is 0. The van der Waals surface area contributed by atoms with Crippen LogP contribution in [0.15, 0.2) is 35.0 Å². The van der Waals surface area contributed by atoms with E-state index in [2.05, 4.69) is 35.0 Å². The van der Waals surface area contributed by atoms with Gasteiger partial charge in [-0.15, -0.1) is 22.7 Å². The molecule has 0 N–H and O–H groups in total. The Balaban J connectivity index is 1.96. The first kappa shape index (κ1) is 13.1. The van der Waals surface area contributed by atoms with Gasteiger partial charge in [0, 0.05) is 11.8 Å². The minimum absolute atomic E-state index is 0.224. The molecule has 0 bridgehead atoms. The first-order chi connectivity index (χ1) is 8.77. The summed E-state index contributed by atoms with van der Waals surface area (Å²) in [6.07, 6.45) is 4.89. The monoisotopic (exact) mass is 278 g/mol. The largest absolute Gasteiger partial charge is 0.466 e. The summed E-state index contributed by atoms with van der Waals surface area (Å²) in [4.78, 5) is 13.2. The Morgan fingerprint density at radius 3 is 2.94 bits per heavy atom. The third-order valence-corrected chi connectivity index (χ3v) is 4.31. The maximum absolute atomic E-state index is 10.6. The Kier molecular flexibility index (Phi) is 4.73. The van der Waals surface area contributed by atoms with Crippen LogP contribution in [0.3, 0.4) is 0 Å². The van der Waals surface area contributed by atoms with E-state index < -0.39 is 0 Å². The molecule has 0 saturated heterocycles. The number of ether oxygens (including phenoxy) is 1. The van der Waals surface area contributed by atoms with Crippen LogP contribution in [-0.4, -0.2) is 12.6 Å². The number of thiophene rings is 2. The van der Waals surface area contributed by atoms with Gasteiger partial charge in [0.25, 0.3) is 0 Å². The van der Waals surface area contributed by atoms with Crippen LogP contribution in [0, 0.1) is 0 Å². The van der Waals surface area contributed by atoms with Crippen LogP contribution in [0.1, 0.15) is 18.9 Å². The predicted molar refractivity (Wildman–Crippen MR) is 77.9 cm³/mol. The Labute approximate surface area is 115 Å². The van der Waals surface area contributed by atoms with Crippen molar-refractivity contribution in [1.82, 2.24) is 0 Å². The fourth-order valence-electron chi connectivity index (χ4n) is 1.54. The lowest BCUT2D eigenvalue weighted by molar-refractivity contribution is -0.140. The molecule has 0 aliphatic heterocycles. The van der Waals surface area contributed by atoms with Gasteiger partial charge in [0.15, 0.2) is 0 Å². The Bertz CT molecular complexity index is 524. The van der Waals surface area contributed by atoms with Crippen LogP contribution >= 0.6 is 22.7 Å². The van der Waals surface area contributed by atoms with Crippen molar-refractivity contribution >= 4 is 34.7 Å². The standard InChI is InChI=1S/C14H14O2S2/c1-11(15)16-8-3-2-5-12-7-10-18-14(12)13-6-4-9-17-13/h2,4-7,9-10H,3,8H2,1H3. The van der Waals surface area contributed by atoms with Gasteiger partial charge in [-0.25, -0.2) is 0 Å². The highest BCUT2D eigenvalue weighted by Gasteiger charge is 2.04. The van der Waals surface area contributed by atoms with Gasteiger partial charge in [0.1, 0.15) is 0 Å². The van der Waals surface area contributed by atoms with E-state index in [1.165, 1.54) is 22.2 Å². The maximum atomic E-state index is 10.6. The second-order valence-corrected chi connectivity index (χ2v) is 5.58. The highest BCUT2D eigenvalue weighted by Crippen LogP contribution is 2.33. The van der Waals surface area contributed by atoms with Crippen LogP contribution < -0.4 is 0 Å². The smallest absolute Gasteiger partial charge is 0.302 e. The van der Waals surface area contributed by atoms with Crippen LogP contribution in [0.2, 0.25) is 0 Å². The highest BCUT2D eigenvalue weighted by molar-refractivity contribution is 7.20. The zero-order chi connectivity index (χ0) is 12.8. The van der Waals surface area contributed by atoms with Gasteiger partial charge in [0.2, 0.25) is 0 Å². The summed E-state index contributed by atoms with van der Waals surface area (Å²) in [7, 11) is 0. The fourth-order valence-corrected chi connectivity index (χ4v) is 3.32. The molecule has 0 aromatic carbocycles. The van der Waals surface area contributed by atoms with Crippen molar-refractivity contribution in [2.75, 3.05) is 6.61 Å². The Hall–Kier alpha value is -1.39. The molecular formula is C14H14O2S2. The van der Waals surface area contributed by atoms with Gasteiger partial charge in [-0.05, 0) is 34.9 Å². The van der Waals surface area contributed by atoms with Gasteiger partial charge >= 0.3 is 5.97 Å². The third kappa shape index (κ3) is 3.55. The summed E-state index contributed by atoms with van der Waals surface area (Å²) in [6, 6.07) is 6.31. The lowest BCUT2D eigenvalue weighted by Crippen LogP contribution is -1.98. The maximum Gasteiger partial charge on any atom is 0.302 e. The van der Waals surface area contributed by atoms with E-state index in [-0.39, 0.29) is 5.97 Å². The number of hydrogen-bond acceptors (Lipinski definition) is 4. The molecule has 4 heteroatoms. The molecule has 2 nitrogen and oxygen atoms in total. The lowest BCUT2D eigenvalue weighted by Gasteiger charge is -1.97. The highest BCUT2D eigenvalue weighted by atomic mass is 32.1. The molecule has 2 aromatic rings. The second kappa shape index (κ2) is 6.52. The minimum atomic E-state index is -0.224. The van der Waals surface area contributed by atoms with Gasteiger partial charge in [-0.3, -0.25) is 4.79 Å². The quantitative estimate of drug-likeness (QED) is 0.597. The first-order valence-electron chi connectivity index (χ1n) is 5.68. The van der Waals surface area contributed by atoms with Crippen LogP contribution in [0.4, 0.5) is 0 Å². The van der Waals surface area contributed by atoms with E-state index in [0.717, 1.165) is 6.42 Å². The predicted octanol–water partition coefficient (Wildman–Crippen LogP) is 4.44. The number of esters is 1. The number of rotatable bonds is 5. The summed E-state index contributed by atoms with van der Waals surface area (Å²) >= 11 is 3.50. The van der Waals surface area contributed by atoms with Gasteiger partial charge < -0.3 is 4.74 Å². The van der Waals surface area contributed by atoms with Gasteiger partial charge in [-0.1, -0.05) is 18.2 Å². The third-order valence-electron chi connectivity index (χ3n) is 2.33. The fraction of sp³-hybridized carbons (Fsp3) is 0.214. The second-order valence-electron chi connectivity index (χ2n) is 3.71. The minimum Gasteiger partial charge on any atom is -0.466 e. The van der Waals surface area contributed by atoms with E-state index in [0.29, 0.717) is 6.61 Å².